The third-order valence-electron chi connectivity index (χ3n) is 5.95. The van der Waals surface area contributed by atoms with E-state index in [0.717, 1.165) is 11.9 Å². The van der Waals surface area contributed by atoms with Crippen molar-refractivity contribution in [1.29, 1.82) is 0 Å². The lowest BCUT2D eigenvalue weighted by molar-refractivity contribution is -0.141. The Morgan fingerprint density at radius 3 is 2.31 bits per heavy atom. The average Bonchev–Trinajstić information content (AvgIpc) is 3.35. The number of carbonyl (C=O) groups is 1. The van der Waals surface area contributed by atoms with Gasteiger partial charge in [0.2, 0.25) is 0 Å². The molecule has 1 amide bonds. The largest absolute Gasteiger partial charge is 0.435 e. The Morgan fingerprint density at radius 1 is 0.944 bits per heavy atom. The first-order chi connectivity index (χ1) is 17.3. The molecule has 0 N–H and O–H groups in total. The highest BCUT2D eigenvalue weighted by Gasteiger charge is 2.35. The summed E-state index contributed by atoms with van der Waals surface area (Å²) in [6.07, 6.45) is 0.306. The molecule has 36 heavy (non-hydrogen) atoms. The Morgan fingerprint density at radius 2 is 1.67 bits per heavy atom. The number of amides is 1. The van der Waals surface area contributed by atoms with Gasteiger partial charge in [0.15, 0.2) is 5.69 Å². The maximum atomic E-state index is 13.5. The van der Waals surface area contributed by atoms with Crippen LogP contribution < -0.4 is 4.90 Å². The zero-order valence-electron chi connectivity index (χ0n) is 18.9. The van der Waals surface area contributed by atoms with E-state index in [1.54, 1.807) is 72.0 Å². The Hall–Kier alpha value is -3.92. The van der Waals surface area contributed by atoms with Gasteiger partial charge in [-0.25, -0.2) is 9.67 Å². The molecule has 0 aliphatic carbocycles. The van der Waals surface area contributed by atoms with Gasteiger partial charge in [0.25, 0.3) is 5.91 Å². The maximum absolute atomic E-state index is 13.5. The first-order valence-corrected chi connectivity index (χ1v) is 11.5. The molecule has 5 rings (SSSR count). The molecule has 1 aliphatic heterocycles. The maximum Gasteiger partial charge on any atom is 0.435 e. The van der Waals surface area contributed by atoms with Gasteiger partial charge in [-0.3, -0.25) is 9.78 Å². The van der Waals surface area contributed by atoms with Gasteiger partial charge in [-0.1, -0.05) is 35.9 Å². The zero-order chi connectivity index (χ0) is 25.3. The summed E-state index contributed by atoms with van der Waals surface area (Å²) in [5.74, 6) is 0.623. The minimum atomic E-state index is -4.62. The van der Waals surface area contributed by atoms with Gasteiger partial charge in [0, 0.05) is 49.7 Å². The van der Waals surface area contributed by atoms with Crippen molar-refractivity contribution in [3.63, 3.8) is 0 Å². The van der Waals surface area contributed by atoms with Crippen LogP contribution >= 0.6 is 11.6 Å². The van der Waals surface area contributed by atoms with Crippen LogP contribution in [0.3, 0.4) is 0 Å². The van der Waals surface area contributed by atoms with Crippen LogP contribution in [-0.2, 0) is 6.18 Å². The van der Waals surface area contributed by atoms with Gasteiger partial charge in [0.05, 0.1) is 22.6 Å². The summed E-state index contributed by atoms with van der Waals surface area (Å²) < 4.78 is 41.5. The van der Waals surface area contributed by atoms with Crippen LogP contribution in [0.2, 0.25) is 5.02 Å². The first-order valence-electron chi connectivity index (χ1n) is 11.1. The summed E-state index contributed by atoms with van der Waals surface area (Å²) in [6, 6.07) is 14.0. The fourth-order valence-electron chi connectivity index (χ4n) is 4.09. The topological polar surface area (TPSA) is 67.2 Å². The molecule has 2 aromatic carbocycles. The molecule has 7 nitrogen and oxygen atoms in total. The second-order valence-electron chi connectivity index (χ2n) is 8.20. The van der Waals surface area contributed by atoms with Gasteiger partial charge in [-0.05, 0) is 30.3 Å². The molecule has 1 aliphatic rings. The van der Waals surface area contributed by atoms with Crippen molar-refractivity contribution in [3.05, 3.63) is 89.5 Å². The highest BCUT2D eigenvalue weighted by Crippen LogP contribution is 2.34. The summed E-state index contributed by atoms with van der Waals surface area (Å²) in [6.45, 7) is 2.29. The van der Waals surface area contributed by atoms with E-state index in [9.17, 15) is 18.0 Å². The molecule has 0 bridgehead atoms. The van der Waals surface area contributed by atoms with E-state index in [1.807, 2.05) is 0 Å². The normalized spacial score (nSPS) is 14.2. The minimum absolute atomic E-state index is 0.143. The molecule has 1 fully saturated rings. The zero-order valence-corrected chi connectivity index (χ0v) is 19.6. The fraction of sp³-hybridized carbons (Fsp3) is 0.200. The number of halogens is 4. The molecule has 2 aromatic heterocycles. The molecule has 0 radical (unpaired) electrons. The van der Waals surface area contributed by atoms with Crippen molar-refractivity contribution in [2.24, 2.45) is 0 Å². The number of nitrogens with zero attached hydrogens (tertiary/aromatic N) is 6. The number of piperazine rings is 1. The predicted molar refractivity (Wildman–Crippen MR) is 129 cm³/mol. The monoisotopic (exact) mass is 512 g/mol. The van der Waals surface area contributed by atoms with Crippen LogP contribution in [0, 0.1) is 0 Å². The Kier molecular flexibility index (Phi) is 6.36. The van der Waals surface area contributed by atoms with E-state index in [4.69, 9.17) is 11.6 Å². The summed E-state index contributed by atoms with van der Waals surface area (Å²) in [5, 5.41) is 4.04. The Bertz CT molecular complexity index is 1370. The molecule has 11 heteroatoms. The number of anilines is 1. The number of para-hydroxylation sites is 1. The van der Waals surface area contributed by atoms with E-state index in [-0.39, 0.29) is 16.6 Å². The summed E-state index contributed by atoms with van der Waals surface area (Å²) in [5.41, 5.74) is 0.435. The summed E-state index contributed by atoms with van der Waals surface area (Å²) in [4.78, 5) is 25.2. The fourth-order valence-corrected chi connectivity index (χ4v) is 4.31. The van der Waals surface area contributed by atoms with Crippen LogP contribution in [-0.4, -0.2) is 56.7 Å². The predicted octanol–water partition coefficient (Wildman–Crippen LogP) is 4.96. The first kappa shape index (κ1) is 23.8. The van der Waals surface area contributed by atoms with E-state index in [2.05, 4.69) is 20.0 Å². The van der Waals surface area contributed by atoms with Crippen molar-refractivity contribution < 1.29 is 18.0 Å². The van der Waals surface area contributed by atoms with Gasteiger partial charge in [-0.2, -0.15) is 18.3 Å². The van der Waals surface area contributed by atoms with E-state index >= 15 is 0 Å². The molecule has 0 unspecified atom stereocenters. The summed E-state index contributed by atoms with van der Waals surface area (Å²) >= 11 is 6.24. The summed E-state index contributed by atoms with van der Waals surface area (Å²) in [7, 11) is 0. The van der Waals surface area contributed by atoms with Gasteiger partial charge >= 0.3 is 6.18 Å². The van der Waals surface area contributed by atoms with Crippen molar-refractivity contribution in [3.8, 4) is 16.9 Å². The SMILES string of the molecule is O=C(c1ccc(-c2cc(C(F)(F)F)nn2-c2ccccc2Cl)cc1)N1CCN(c2cnccn2)CC1. The molecule has 0 spiro atoms. The lowest BCUT2D eigenvalue weighted by Crippen LogP contribution is -2.49. The molecular formula is C25H20ClF3N6O. The van der Waals surface area contributed by atoms with Crippen LogP contribution in [0.1, 0.15) is 16.1 Å². The number of rotatable bonds is 4. The number of benzene rings is 2. The second-order valence-corrected chi connectivity index (χ2v) is 8.60. The Balaban J connectivity index is 1.37. The van der Waals surface area contributed by atoms with Gasteiger partial charge in [-0.15, -0.1) is 0 Å². The van der Waals surface area contributed by atoms with Crippen molar-refractivity contribution >= 4 is 23.3 Å². The number of hydrogen-bond acceptors (Lipinski definition) is 5. The smallest absolute Gasteiger partial charge is 0.352 e. The third kappa shape index (κ3) is 4.76. The molecule has 184 valence electrons. The molecule has 1 saturated heterocycles. The van der Waals surface area contributed by atoms with Gasteiger partial charge in [0.1, 0.15) is 5.82 Å². The second kappa shape index (κ2) is 9.62. The molecule has 0 atom stereocenters. The molecule has 3 heterocycles. The molecular weight excluding hydrogens is 493 g/mol. The quantitative estimate of drug-likeness (QED) is 0.386. The average molecular weight is 513 g/mol. The van der Waals surface area contributed by atoms with Crippen molar-refractivity contribution in [2.75, 3.05) is 31.1 Å². The number of carbonyl (C=O) groups excluding carboxylic acids is 1. The highest BCUT2D eigenvalue weighted by molar-refractivity contribution is 6.32. The van der Waals surface area contributed by atoms with Gasteiger partial charge < -0.3 is 9.80 Å². The van der Waals surface area contributed by atoms with Crippen LogP contribution in [0.15, 0.2) is 73.2 Å². The minimum Gasteiger partial charge on any atom is -0.352 e. The number of aromatic nitrogens is 4. The standard InChI is InChI=1S/C25H20ClF3N6O/c26-19-3-1-2-4-20(19)35-21(15-22(32-35)25(27,28)29)17-5-7-18(8-6-17)24(36)34-13-11-33(12-14-34)23-16-30-9-10-31-23/h1-10,15-16H,11-14H2. The molecule has 4 aromatic rings. The Labute approximate surface area is 209 Å². The van der Waals surface area contributed by atoms with E-state index in [0.29, 0.717) is 43.0 Å². The van der Waals surface area contributed by atoms with Crippen LogP contribution in [0.5, 0.6) is 0 Å². The van der Waals surface area contributed by atoms with Crippen molar-refractivity contribution in [2.45, 2.75) is 6.18 Å². The van der Waals surface area contributed by atoms with E-state index in [1.165, 1.54) is 4.68 Å². The third-order valence-corrected chi connectivity index (χ3v) is 6.27. The lowest BCUT2D eigenvalue weighted by atomic mass is 10.1. The van der Waals surface area contributed by atoms with Crippen LogP contribution in [0.4, 0.5) is 19.0 Å². The van der Waals surface area contributed by atoms with E-state index < -0.39 is 11.9 Å². The molecule has 0 saturated carbocycles. The number of alkyl halides is 3. The lowest BCUT2D eigenvalue weighted by Gasteiger charge is -2.35. The highest BCUT2D eigenvalue weighted by atomic mass is 35.5. The van der Waals surface area contributed by atoms with Crippen LogP contribution in [0.25, 0.3) is 16.9 Å². The number of hydrogen-bond donors (Lipinski definition) is 0. The van der Waals surface area contributed by atoms with Crippen molar-refractivity contribution in [1.82, 2.24) is 24.6 Å².